The first-order valence-corrected chi connectivity index (χ1v) is 21.9. The average molecular weight is 779 g/mol. The van der Waals surface area contributed by atoms with Crippen LogP contribution < -0.4 is 5.32 Å². The summed E-state index contributed by atoms with van der Waals surface area (Å²) < 4.78 is 12.0. The lowest BCUT2D eigenvalue weighted by Gasteiger charge is -2.72. The SMILES string of the molecule is CC(C)C1=C2C3CCC4C(C)(CCC5C(C)(C)C(OC(=O)CC(C)(C)C(=O)OC(C)(C)C)CC[C@@]54C)[C@]3(C)CCC2(CCNCc2ccc(Cl)cc2)CC1=O. The third-order valence-corrected chi connectivity index (χ3v) is 16.6. The molecule has 5 aliphatic rings. The molecule has 6 nitrogen and oxygen atoms in total. The largest absolute Gasteiger partial charge is 0.462 e. The van der Waals surface area contributed by atoms with Gasteiger partial charge in [0.25, 0.3) is 0 Å². The van der Waals surface area contributed by atoms with Gasteiger partial charge in [-0.25, -0.2) is 0 Å². The lowest BCUT2D eigenvalue weighted by atomic mass is 9.33. The van der Waals surface area contributed by atoms with E-state index in [0.29, 0.717) is 30.0 Å². The first kappa shape index (κ1) is 42.4. The van der Waals surface area contributed by atoms with Crippen molar-refractivity contribution in [1.82, 2.24) is 5.32 Å². The van der Waals surface area contributed by atoms with Crippen molar-refractivity contribution in [2.45, 2.75) is 172 Å². The van der Waals surface area contributed by atoms with E-state index in [1.807, 2.05) is 32.9 Å². The van der Waals surface area contributed by atoms with Crippen molar-refractivity contribution in [3.05, 3.63) is 46.0 Å². The molecule has 0 saturated heterocycles. The maximum Gasteiger partial charge on any atom is 0.312 e. The summed E-state index contributed by atoms with van der Waals surface area (Å²) in [6.45, 7) is 27.8. The highest BCUT2D eigenvalue weighted by Crippen LogP contribution is 2.77. The van der Waals surface area contributed by atoms with E-state index in [0.717, 1.165) is 68.6 Å². The molecule has 4 saturated carbocycles. The number of fused-ring (bicyclic) bond motifs is 7. The number of ketones is 1. The molecule has 1 aromatic carbocycles. The summed E-state index contributed by atoms with van der Waals surface area (Å²) in [6.07, 6.45) is 10.3. The summed E-state index contributed by atoms with van der Waals surface area (Å²) in [6, 6.07) is 8.08. The third-order valence-electron chi connectivity index (χ3n) is 16.3. The van der Waals surface area contributed by atoms with Gasteiger partial charge in [0.05, 0.1) is 11.8 Å². The standard InChI is InChI=1S/C48H72ClNO5/c1-30(2)39-34(51)27-48(25-26-50-29-31-13-15-32(49)16-14-31)24-23-46(11)33(40(39)48)17-18-36-45(10)21-20-37(44(8,9)35(45)19-22-47(36,46)12)54-38(52)28-43(6,7)41(53)55-42(3,4)5/h13-16,30,33,35-37,50H,17-29H2,1-12H3/t33?,35?,36?,37?,45-,46+,47?,48?/m0/s1. The van der Waals surface area contributed by atoms with Crippen LogP contribution >= 0.6 is 11.6 Å². The van der Waals surface area contributed by atoms with E-state index in [4.69, 9.17) is 21.1 Å². The number of nitrogens with one attached hydrogen (secondary N) is 1. The number of Topliss-reactive ketones (excluding diaryl/α,β-unsaturated/α-hetero) is 1. The molecule has 0 heterocycles. The van der Waals surface area contributed by atoms with Gasteiger partial charge in [0, 0.05) is 28.8 Å². The van der Waals surface area contributed by atoms with Gasteiger partial charge in [0.1, 0.15) is 11.7 Å². The van der Waals surface area contributed by atoms with Crippen molar-refractivity contribution >= 4 is 29.3 Å². The molecule has 1 N–H and O–H groups in total. The number of carbonyl (C=O) groups excluding carboxylic acids is 3. The second-order valence-corrected chi connectivity index (χ2v) is 22.4. The van der Waals surface area contributed by atoms with Gasteiger partial charge in [0.2, 0.25) is 0 Å². The molecule has 55 heavy (non-hydrogen) atoms. The van der Waals surface area contributed by atoms with Gasteiger partial charge in [-0.15, -0.1) is 0 Å². The molecule has 8 atom stereocenters. The van der Waals surface area contributed by atoms with Crippen LogP contribution in [0.3, 0.4) is 0 Å². The maximum absolute atomic E-state index is 14.0. The molecule has 6 rings (SSSR count). The van der Waals surface area contributed by atoms with Gasteiger partial charge in [-0.3, -0.25) is 14.4 Å². The zero-order valence-electron chi connectivity index (χ0n) is 36.3. The van der Waals surface area contributed by atoms with Crippen LogP contribution in [0.1, 0.15) is 159 Å². The van der Waals surface area contributed by atoms with Gasteiger partial charge < -0.3 is 14.8 Å². The third kappa shape index (κ3) is 7.40. The first-order valence-electron chi connectivity index (χ1n) is 21.6. The molecule has 0 aliphatic heterocycles. The van der Waals surface area contributed by atoms with Crippen LogP contribution in [0.25, 0.3) is 0 Å². The smallest absolute Gasteiger partial charge is 0.312 e. The molecule has 306 valence electrons. The van der Waals surface area contributed by atoms with E-state index in [9.17, 15) is 14.4 Å². The zero-order valence-corrected chi connectivity index (χ0v) is 37.1. The summed E-state index contributed by atoms with van der Waals surface area (Å²) in [7, 11) is 0. The van der Waals surface area contributed by atoms with Crippen LogP contribution in [0.2, 0.25) is 5.02 Å². The van der Waals surface area contributed by atoms with Crippen LogP contribution in [0.15, 0.2) is 35.4 Å². The number of esters is 2. The van der Waals surface area contributed by atoms with E-state index in [1.165, 1.54) is 18.4 Å². The Kier molecular flexibility index (Phi) is 11.2. The van der Waals surface area contributed by atoms with Crippen molar-refractivity contribution in [1.29, 1.82) is 0 Å². The molecule has 5 aliphatic carbocycles. The Bertz CT molecular complexity index is 1690. The number of halogens is 1. The summed E-state index contributed by atoms with van der Waals surface area (Å²) in [5.41, 5.74) is 2.53. The normalized spacial score (nSPS) is 35.8. The molecule has 0 bridgehead atoms. The highest BCUT2D eigenvalue weighted by atomic mass is 35.5. The van der Waals surface area contributed by atoms with Gasteiger partial charge >= 0.3 is 11.9 Å². The van der Waals surface area contributed by atoms with Gasteiger partial charge in [-0.05, 0) is 162 Å². The van der Waals surface area contributed by atoms with Crippen LogP contribution in [0.4, 0.5) is 0 Å². The molecule has 0 amide bonds. The highest BCUT2D eigenvalue weighted by Gasteiger charge is 2.70. The number of carbonyl (C=O) groups is 3. The van der Waals surface area contributed by atoms with Gasteiger partial charge in [-0.2, -0.15) is 0 Å². The van der Waals surface area contributed by atoms with Crippen LogP contribution in [-0.4, -0.2) is 36.0 Å². The molecule has 7 heteroatoms. The number of hydrogen-bond acceptors (Lipinski definition) is 6. The molecular weight excluding hydrogens is 706 g/mol. The van der Waals surface area contributed by atoms with Crippen molar-refractivity contribution in [2.75, 3.05) is 6.54 Å². The van der Waals surface area contributed by atoms with E-state index in [-0.39, 0.29) is 57.5 Å². The fourth-order valence-corrected chi connectivity index (χ4v) is 13.6. The van der Waals surface area contributed by atoms with E-state index >= 15 is 0 Å². The van der Waals surface area contributed by atoms with E-state index in [1.54, 1.807) is 19.4 Å². The summed E-state index contributed by atoms with van der Waals surface area (Å²) in [5, 5.41) is 4.48. The average Bonchev–Trinajstić information content (AvgIpc) is 3.37. The molecule has 6 unspecified atom stereocenters. The second-order valence-electron chi connectivity index (χ2n) is 21.9. The Hall–Kier alpha value is -2.18. The number of hydrogen-bond donors (Lipinski definition) is 1. The predicted octanol–water partition coefficient (Wildman–Crippen LogP) is 11.5. The van der Waals surface area contributed by atoms with Crippen LogP contribution in [-0.2, 0) is 30.4 Å². The number of allylic oxidation sites excluding steroid dienone is 2. The highest BCUT2D eigenvalue weighted by molar-refractivity contribution is 6.30. The van der Waals surface area contributed by atoms with Gasteiger partial charge in [0.15, 0.2) is 5.78 Å². The second kappa shape index (κ2) is 14.6. The summed E-state index contributed by atoms with van der Waals surface area (Å²) >= 11 is 6.14. The lowest BCUT2D eigenvalue weighted by Crippen LogP contribution is -2.65. The van der Waals surface area contributed by atoms with Gasteiger partial charge in [-0.1, -0.05) is 77.8 Å². The van der Waals surface area contributed by atoms with Crippen molar-refractivity contribution < 1.29 is 23.9 Å². The predicted molar refractivity (Wildman–Crippen MR) is 221 cm³/mol. The minimum absolute atomic E-state index is 0.00743. The maximum atomic E-state index is 14.0. The number of benzene rings is 1. The minimum Gasteiger partial charge on any atom is -0.462 e. The summed E-state index contributed by atoms with van der Waals surface area (Å²) in [4.78, 5) is 40.5. The van der Waals surface area contributed by atoms with Crippen molar-refractivity contribution in [2.24, 2.45) is 56.2 Å². The fraction of sp³-hybridized carbons (Fsp3) is 0.771. The Morgan fingerprint density at radius 2 is 1.55 bits per heavy atom. The number of ether oxygens (including phenoxy) is 2. The molecule has 0 aromatic heterocycles. The monoisotopic (exact) mass is 778 g/mol. The topological polar surface area (TPSA) is 81.7 Å². The van der Waals surface area contributed by atoms with E-state index < -0.39 is 11.0 Å². The minimum atomic E-state index is -0.960. The van der Waals surface area contributed by atoms with Crippen molar-refractivity contribution in [3.63, 3.8) is 0 Å². The van der Waals surface area contributed by atoms with Crippen LogP contribution in [0.5, 0.6) is 0 Å². The van der Waals surface area contributed by atoms with Crippen molar-refractivity contribution in [3.8, 4) is 0 Å². The fourth-order valence-electron chi connectivity index (χ4n) is 13.4. The number of rotatable bonds is 10. The Morgan fingerprint density at radius 1 is 0.873 bits per heavy atom. The lowest BCUT2D eigenvalue weighted by molar-refractivity contribution is -0.233. The molecular formula is C48H72ClNO5. The van der Waals surface area contributed by atoms with Crippen LogP contribution in [0, 0.1) is 56.2 Å². The van der Waals surface area contributed by atoms with E-state index in [2.05, 4.69) is 65.9 Å². The Labute approximate surface area is 338 Å². The molecule has 4 fully saturated rings. The summed E-state index contributed by atoms with van der Waals surface area (Å²) in [5.74, 6) is 1.39. The zero-order chi connectivity index (χ0) is 40.6. The molecule has 0 spiro atoms. The molecule has 0 radical (unpaired) electrons. The Morgan fingerprint density at radius 3 is 2.18 bits per heavy atom. The molecule has 1 aromatic rings. The first-order chi connectivity index (χ1) is 25.4. The quantitative estimate of drug-likeness (QED) is 0.188. The Balaban J connectivity index is 1.20.